The molecule has 2 rings (SSSR count). The van der Waals surface area contributed by atoms with Crippen molar-refractivity contribution in [1.82, 2.24) is 0 Å². The summed E-state index contributed by atoms with van der Waals surface area (Å²) < 4.78 is 6.21. The molecule has 0 radical (unpaired) electrons. The fourth-order valence-electron chi connectivity index (χ4n) is 3.18. The van der Waals surface area contributed by atoms with Crippen molar-refractivity contribution in [3.05, 3.63) is 11.6 Å². The summed E-state index contributed by atoms with van der Waals surface area (Å²) in [4.78, 5) is 0. The van der Waals surface area contributed by atoms with Crippen LogP contribution in [-0.2, 0) is 4.74 Å². The van der Waals surface area contributed by atoms with Crippen molar-refractivity contribution < 1.29 is 9.84 Å². The van der Waals surface area contributed by atoms with Gasteiger partial charge in [-0.05, 0) is 65.7 Å². The van der Waals surface area contributed by atoms with Gasteiger partial charge in [-0.2, -0.15) is 0 Å². The van der Waals surface area contributed by atoms with Gasteiger partial charge in [0.2, 0.25) is 0 Å². The molecule has 0 bridgehead atoms. The molecule has 1 N–H and O–H groups in total. The largest absolute Gasteiger partial charge is 0.388 e. The van der Waals surface area contributed by atoms with Crippen LogP contribution >= 0.6 is 0 Å². The van der Waals surface area contributed by atoms with E-state index in [9.17, 15) is 5.11 Å². The molecular weight excluding hydrogens is 212 g/mol. The number of allylic oxidation sites excluding steroid dienone is 2. The molecule has 17 heavy (non-hydrogen) atoms. The first kappa shape index (κ1) is 13.1. The Kier molecular flexibility index (Phi) is 3.39. The van der Waals surface area contributed by atoms with Crippen LogP contribution in [-0.4, -0.2) is 22.4 Å². The van der Waals surface area contributed by atoms with E-state index in [1.807, 2.05) is 13.8 Å². The highest BCUT2D eigenvalue weighted by molar-refractivity contribution is 5.07. The molecule has 1 aliphatic carbocycles. The van der Waals surface area contributed by atoms with Gasteiger partial charge in [0.05, 0.1) is 17.3 Å². The summed E-state index contributed by atoms with van der Waals surface area (Å²) in [6.07, 6.45) is 8.01. The number of hydrogen-bond donors (Lipinski definition) is 1. The lowest BCUT2D eigenvalue weighted by molar-refractivity contribution is -0.135. The second-order valence-electron chi connectivity index (χ2n) is 6.63. The fourth-order valence-corrected chi connectivity index (χ4v) is 3.18. The summed E-state index contributed by atoms with van der Waals surface area (Å²) in [5.74, 6) is 0.624. The second kappa shape index (κ2) is 4.40. The molecule has 2 heteroatoms. The Balaban J connectivity index is 2.02. The Morgan fingerprint density at radius 1 is 1.41 bits per heavy atom. The third kappa shape index (κ3) is 2.74. The van der Waals surface area contributed by atoms with Crippen LogP contribution < -0.4 is 0 Å². The summed E-state index contributed by atoms with van der Waals surface area (Å²) in [5.41, 5.74) is 0.780. The predicted molar refractivity (Wildman–Crippen MR) is 69.9 cm³/mol. The standard InChI is InChI=1S/C15H26O2/c1-11-5-7-12(8-6-11)15(4)10-9-13(17-15)14(2,3)16/h5,12-13,16H,6-10H2,1-4H3/t12?,13-,15+/m0/s1. The second-order valence-corrected chi connectivity index (χ2v) is 6.63. The molecule has 2 nitrogen and oxygen atoms in total. The third-order valence-electron chi connectivity index (χ3n) is 4.60. The molecule has 0 aromatic rings. The van der Waals surface area contributed by atoms with Crippen molar-refractivity contribution in [2.45, 2.75) is 77.1 Å². The average molecular weight is 238 g/mol. The lowest BCUT2D eigenvalue weighted by Crippen LogP contribution is -2.41. The summed E-state index contributed by atoms with van der Waals surface area (Å²) in [6, 6.07) is 0. The Morgan fingerprint density at radius 3 is 2.59 bits per heavy atom. The Hall–Kier alpha value is -0.340. The first-order valence-corrected chi connectivity index (χ1v) is 6.87. The lowest BCUT2D eigenvalue weighted by Gasteiger charge is -2.37. The summed E-state index contributed by atoms with van der Waals surface area (Å²) in [5, 5.41) is 10.1. The van der Waals surface area contributed by atoms with Gasteiger partial charge in [0.15, 0.2) is 0 Å². The fraction of sp³-hybridized carbons (Fsp3) is 0.867. The predicted octanol–water partition coefficient (Wildman–Crippen LogP) is 3.44. The monoisotopic (exact) mass is 238 g/mol. The minimum atomic E-state index is -0.710. The highest BCUT2D eigenvalue weighted by Gasteiger charge is 2.46. The molecule has 0 saturated carbocycles. The zero-order chi connectivity index (χ0) is 12.7. The highest BCUT2D eigenvalue weighted by Crippen LogP contribution is 2.44. The maximum atomic E-state index is 10.1. The van der Waals surface area contributed by atoms with E-state index in [0.29, 0.717) is 5.92 Å². The molecule has 1 unspecified atom stereocenters. The molecule has 1 aliphatic heterocycles. The minimum absolute atomic E-state index is 0.000460. The van der Waals surface area contributed by atoms with Gasteiger partial charge in [-0.15, -0.1) is 0 Å². The third-order valence-corrected chi connectivity index (χ3v) is 4.60. The van der Waals surface area contributed by atoms with Crippen LogP contribution in [0, 0.1) is 5.92 Å². The molecule has 1 heterocycles. The SMILES string of the molecule is CC1=CCC([C@@]2(C)CC[C@@H](C(C)(C)O)O2)CC1. The number of ether oxygens (including phenoxy) is 1. The van der Waals surface area contributed by atoms with E-state index < -0.39 is 5.60 Å². The molecule has 0 aromatic carbocycles. The van der Waals surface area contributed by atoms with Crippen molar-refractivity contribution in [3.63, 3.8) is 0 Å². The van der Waals surface area contributed by atoms with Crippen LogP contribution in [0.15, 0.2) is 11.6 Å². The normalized spacial score (nSPS) is 39.2. The topological polar surface area (TPSA) is 29.5 Å². The van der Waals surface area contributed by atoms with E-state index >= 15 is 0 Å². The lowest BCUT2D eigenvalue weighted by atomic mass is 9.77. The molecule has 98 valence electrons. The van der Waals surface area contributed by atoms with E-state index in [-0.39, 0.29) is 11.7 Å². The van der Waals surface area contributed by atoms with E-state index in [1.165, 1.54) is 18.4 Å². The van der Waals surface area contributed by atoms with E-state index in [1.54, 1.807) is 0 Å². The summed E-state index contributed by atoms with van der Waals surface area (Å²) in [6.45, 7) is 8.16. The van der Waals surface area contributed by atoms with Gasteiger partial charge in [0.25, 0.3) is 0 Å². The van der Waals surface area contributed by atoms with Gasteiger partial charge in [0.1, 0.15) is 0 Å². The average Bonchev–Trinajstić information content (AvgIpc) is 2.62. The van der Waals surface area contributed by atoms with Gasteiger partial charge in [-0.25, -0.2) is 0 Å². The number of rotatable bonds is 2. The van der Waals surface area contributed by atoms with E-state index in [4.69, 9.17) is 4.74 Å². The summed E-state index contributed by atoms with van der Waals surface area (Å²) >= 11 is 0. The number of hydrogen-bond acceptors (Lipinski definition) is 2. The molecular formula is C15H26O2. The van der Waals surface area contributed by atoms with Crippen molar-refractivity contribution in [3.8, 4) is 0 Å². The van der Waals surface area contributed by atoms with Crippen LogP contribution in [0.25, 0.3) is 0 Å². The first-order chi connectivity index (χ1) is 7.81. The molecule has 0 spiro atoms. The van der Waals surface area contributed by atoms with E-state index in [0.717, 1.165) is 19.3 Å². The van der Waals surface area contributed by atoms with Gasteiger partial charge in [0, 0.05) is 0 Å². The van der Waals surface area contributed by atoms with Crippen molar-refractivity contribution in [2.75, 3.05) is 0 Å². The van der Waals surface area contributed by atoms with Crippen LogP contribution in [0.3, 0.4) is 0 Å². The van der Waals surface area contributed by atoms with Gasteiger partial charge < -0.3 is 9.84 Å². The maximum Gasteiger partial charge on any atom is 0.0865 e. The van der Waals surface area contributed by atoms with E-state index in [2.05, 4.69) is 19.9 Å². The molecule has 0 aromatic heterocycles. The zero-order valence-electron chi connectivity index (χ0n) is 11.6. The quantitative estimate of drug-likeness (QED) is 0.747. The van der Waals surface area contributed by atoms with Crippen LogP contribution in [0.1, 0.15) is 59.8 Å². The minimum Gasteiger partial charge on any atom is -0.388 e. The van der Waals surface area contributed by atoms with Gasteiger partial charge in [-0.1, -0.05) is 11.6 Å². The van der Waals surface area contributed by atoms with Gasteiger partial charge in [-0.3, -0.25) is 0 Å². The van der Waals surface area contributed by atoms with Crippen molar-refractivity contribution >= 4 is 0 Å². The highest BCUT2D eigenvalue weighted by atomic mass is 16.5. The zero-order valence-corrected chi connectivity index (χ0v) is 11.6. The smallest absolute Gasteiger partial charge is 0.0865 e. The molecule has 2 aliphatic rings. The molecule has 1 fully saturated rings. The maximum absolute atomic E-state index is 10.1. The Bertz CT molecular complexity index is 313. The van der Waals surface area contributed by atoms with Crippen molar-refractivity contribution in [2.24, 2.45) is 5.92 Å². The van der Waals surface area contributed by atoms with Crippen molar-refractivity contribution in [1.29, 1.82) is 0 Å². The summed E-state index contributed by atoms with van der Waals surface area (Å²) in [7, 11) is 0. The molecule has 1 saturated heterocycles. The van der Waals surface area contributed by atoms with Crippen LogP contribution in [0.4, 0.5) is 0 Å². The molecule has 3 atom stereocenters. The van der Waals surface area contributed by atoms with Crippen LogP contribution in [0.2, 0.25) is 0 Å². The van der Waals surface area contributed by atoms with Gasteiger partial charge >= 0.3 is 0 Å². The number of aliphatic hydroxyl groups is 1. The first-order valence-electron chi connectivity index (χ1n) is 6.87. The molecule has 0 amide bonds. The van der Waals surface area contributed by atoms with Crippen LogP contribution in [0.5, 0.6) is 0 Å². The Labute approximate surface area is 105 Å². The Morgan fingerprint density at radius 2 is 2.12 bits per heavy atom.